The van der Waals surface area contributed by atoms with Crippen LogP contribution in [-0.2, 0) is 0 Å². The van der Waals surface area contributed by atoms with Gasteiger partial charge >= 0.3 is 0 Å². The van der Waals surface area contributed by atoms with Crippen molar-refractivity contribution in [3.63, 3.8) is 0 Å². The van der Waals surface area contributed by atoms with E-state index in [2.05, 4.69) is 19.2 Å². The van der Waals surface area contributed by atoms with E-state index in [1.165, 1.54) is 6.07 Å². The summed E-state index contributed by atoms with van der Waals surface area (Å²) in [6.07, 6.45) is 0. The fourth-order valence-corrected chi connectivity index (χ4v) is 1.82. The second-order valence-electron chi connectivity index (χ2n) is 4.75. The number of nitrogen functional groups attached to an aromatic ring is 1. The molecule has 0 aliphatic heterocycles. The zero-order valence-electron chi connectivity index (χ0n) is 10.9. The molecular formula is C15H16F2N2. The maximum atomic E-state index is 13.3. The number of anilines is 3. The predicted octanol–water partition coefficient (Wildman–Crippen LogP) is 4.41. The number of rotatable bonds is 3. The molecule has 0 spiro atoms. The summed E-state index contributed by atoms with van der Waals surface area (Å²) in [6.45, 7) is 4.16. The molecule has 0 heterocycles. The van der Waals surface area contributed by atoms with Crippen molar-refractivity contribution in [3.8, 4) is 0 Å². The van der Waals surface area contributed by atoms with Gasteiger partial charge in [-0.2, -0.15) is 0 Å². The van der Waals surface area contributed by atoms with Crippen LogP contribution in [0.5, 0.6) is 0 Å². The molecule has 0 amide bonds. The average Bonchev–Trinajstić information content (AvgIpc) is 2.35. The molecule has 0 atom stereocenters. The van der Waals surface area contributed by atoms with Gasteiger partial charge in [0, 0.05) is 11.8 Å². The lowest BCUT2D eigenvalue weighted by molar-refractivity contribution is 0.587. The van der Waals surface area contributed by atoms with Crippen LogP contribution in [0.2, 0.25) is 0 Å². The Bertz CT molecular complexity index is 595. The predicted molar refractivity (Wildman–Crippen MR) is 74.6 cm³/mol. The van der Waals surface area contributed by atoms with Gasteiger partial charge in [0.05, 0.1) is 11.4 Å². The summed E-state index contributed by atoms with van der Waals surface area (Å²) in [5.41, 5.74) is 7.63. The van der Waals surface area contributed by atoms with E-state index in [4.69, 9.17) is 5.73 Å². The summed E-state index contributed by atoms with van der Waals surface area (Å²) in [6, 6.07) is 9.61. The largest absolute Gasteiger partial charge is 0.395 e. The minimum absolute atomic E-state index is 0.0867. The summed E-state index contributed by atoms with van der Waals surface area (Å²) in [7, 11) is 0. The Balaban J connectivity index is 2.33. The molecule has 0 aliphatic carbocycles. The Morgan fingerprint density at radius 3 is 2.53 bits per heavy atom. The zero-order valence-corrected chi connectivity index (χ0v) is 10.9. The molecule has 3 N–H and O–H groups in total. The lowest BCUT2D eigenvalue weighted by Gasteiger charge is -2.12. The first kappa shape index (κ1) is 13.3. The molecule has 0 aliphatic rings. The highest BCUT2D eigenvalue weighted by Crippen LogP contribution is 2.28. The molecule has 2 aromatic carbocycles. The molecule has 100 valence electrons. The van der Waals surface area contributed by atoms with Gasteiger partial charge < -0.3 is 11.1 Å². The topological polar surface area (TPSA) is 38.0 Å². The van der Waals surface area contributed by atoms with Crippen LogP contribution in [-0.4, -0.2) is 0 Å². The minimum atomic E-state index is -0.762. The van der Waals surface area contributed by atoms with Crippen molar-refractivity contribution in [2.45, 2.75) is 19.8 Å². The van der Waals surface area contributed by atoms with E-state index in [1.54, 1.807) is 0 Å². The van der Waals surface area contributed by atoms with Crippen molar-refractivity contribution in [1.82, 2.24) is 0 Å². The first-order valence-electron chi connectivity index (χ1n) is 6.09. The minimum Gasteiger partial charge on any atom is -0.395 e. The molecule has 2 nitrogen and oxygen atoms in total. The summed E-state index contributed by atoms with van der Waals surface area (Å²) >= 11 is 0. The first-order chi connectivity index (χ1) is 8.97. The van der Waals surface area contributed by atoms with Gasteiger partial charge in [-0.25, -0.2) is 8.78 Å². The number of hydrogen-bond donors (Lipinski definition) is 2. The van der Waals surface area contributed by atoms with Gasteiger partial charge in [0.25, 0.3) is 0 Å². The molecule has 4 heteroatoms. The normalized spacial score (nSPS) is 10.8. The lowest BCUT2D eigenvalue weighted by atomic mass is 10.0. The molecule has 0 bridgehead atoms. The Hall–Kier alpha value is -2.10. The molecule has 2 rings (SSSR count). The van der Waals surface area contributed by atoms with Gasteiger partial charge in [0.15, 0.2) is 5.82 Å². The fraction of sp³-hybridized carbons (Fsp3) is 0.200. The molecule has 0 fully saturated rings. The van der Waals surface area contributed by atoms with E-state index >= 15 is 0 Å². The maximum Gasteiger partial charge on any atom is 0.151 e. The fourth-order valence-electron chi connectivity index (χ4n) is 1.82. The number of halogens is 2. The summed E-state index contributed by atoms with van der Waals surface area (Å²) in [4.78, 5) is 0. The van der Waals surface area contributed by atoms with Crippen LogP contribution in [0.25, 0.3) is 0 Å². The van der Waals surface area contributed by atoms with Crippen LogP contribution in [0.15, 0.2) is 36.4 Å². The van der Waals surface area contributed by atoms with Crippen LogP contribution in [0, 0.1) is 11.6 Å². The smallest absolute Gasteiger partial charge is 0.151 e. The highest BCUT2D eigenvalue weighted by Gasteiger charge is 2.09. The van der Waals surface area contributed by atoms with E-state index in [-0.39, 0.29) is 11.4 Å². The molecule has 0 saturated carbocycles. The second kappa shape index (κ2) is 5.26. The molecular weight excluding hydrogens is 246 g/mol. The summed E-state index contributed by atoms with van der Waals surface area (Å²) in [5.74, 6) is -1.04. The third-order valence-corrected chi connectivity index (χ3v) is 2.93. The van der Waals surface area contributed by atoms with E-state index < -0.39 is 11.6 Å². The van der Waals surface area contributed by atoms with E-state index in [9.17, 15) is 8.78 Å². The molecule has 0 unspecified atom stereocenters. The third-order valence-electron chi connectivity index (χ3n) is 2.93. The highest BCUT2D eigenvalue weighted by molar-refractivity contribution is 5.73. The number of nitrogens with one attached hydrogen (secondary N) is 1. The number of hydrogen-bond acceptors (Lipinski definition) is 2. The second-order valence-corrected chi connectivity index (χ2v) is 4.75. The average molecular weight is 262 g/mol. The van der Waals surface area contributed by atoms with Crippen LogP contribution in [0.4, 0.5) is 25.8 Å². The van der Waals surface area contributed by atoms with Crippen LogP contribution in [0.1, 0.15) is 25.3 Å². The molecule has 0 radical (unpaired) electrons. The van der Waals surface area contributed by atoms with E-state index in [0.717, 1.165) is 17.3 Å². The van der Waals surface area contributed by atoms with Gasteiger partial charge in [-0.3, -0.25) is 0 Å². The van der Waals surface area contributed by atoms with Crippen molar-refractivity contribution in [2.75, 3.05) is 11.1 Å². The van der Waals surface area contributed by atoms with Crippen molar-refractivity contribution in [1.29, 1.82) is 0 Å². The molecule has 19 heavy (non-hydrogen) atoms. The van der Waals surface area contributed by atoms with Crippen LogP contribution in [0.3, 0.4) is 0 Å². The Labute approximate surface area is 111 Å². The van der Waals surface area contributed by atoms with E-state index in [0.29, 0.717) is 5.92 Å². The molecule has 2 aromatic rings. The van der Waals surface area contributed by atoms with Crippen molar-refractivity contribution >= 4 is 17.1 Å². The quantitative estimate of drug-likeness (QED) is 0.804. The SMILES string of the molecule is CC(C)c1cccc(Nc2cc(F)cc(F)c2N)c1. The van der Waals surface area contributed by atoms with Gasteiger partial charge in [0.1, 0.15) is 5.82 Å². The number of benzene rings is 2. The van der Waals surface area contributed by atoms with Gasteiger partial charge in [0.2, 0.25) is 0 Å². The Morgan fingerprint density at radius 1 is 1.11 bits per heavy atom. The maximum absolute atomic E-state index is 13.3. The summed E-state index contributed by atoms with van der Waals surface area (Å²) < 4.78 is 26.5. The Morgan fingerprint density at radius 2 is 1.84 bits per heavy atom. The standard InChI is InChI=1S/C15H16F2N2/c1-9(2)10-4-3-5-12(6-10)19-14-8-11(16)7-13(17)15(14)18/h3-9,19H,18H2,1-2H3. The monoisotopic (exact) mass is 262 g/mol. The van der Waals surface area contributed by atoms with Crippen molar-refractivity contribution in [2.24, 2.45) is 0 Å². The van der Waals surface area contributed by atoms with Gasteiger partial charge in [-0.05, 0) is 29.7 Å². The van der Waals surface area contributed by atoms with E-state index in [1.807, 2.05) is 24.3 Å². The van der Waals surface area contributed by atoms with Crippen LogP contribution < -0.4 is 11.1 Å². The number of nitrogens with two attached hydrogens (primary N) is 1. The van der Waals surface area contributed by atoms with Crippen molar-refractivity contribution in [3.05, 3.63) is 53.6 Å². The zero-order chi connectivity index (χ0) is 14.0. The van der Waals surface area contributed by atoms with Crippen LogP contribution >= 0.6 is 0 Å². The molecule has 0 saturated heterocycles. The lowest BCUT2D eigenvalue weighted by Crippen LogP contribution is -2.00. The van der Waals surface area contributed by atoms with Crippen molar-refractivity contribution < 1.29 is 8.78 Å². The highest BCUT2D eigenvalue weighted by atomic mass is 19.1. The Kier molecular flexibility index (Phi) is 3.69. The van der Waals surface area contributed by atoms with Gasteiger partial charge in [-0.15, -0.1) is 0 Å². The summed E-state index contributed by atoms with van der Waals surface area (Å²) in [5, 5.41) is 2.94. The molecule has 0 aromatic heterocycles. The third kappa shape index (κ3) is 3.02. The first-order valence-corrected chi connectivity index (χ1v) is 6.09. The van der Waals surface area contributed by atoms with Gasteiger partial charge in [-0.1, -0.05) is 26.0 Å².